The van der Waals surface area contributed by atoms with Crippen molar-refractivity contribution in [2.45, 2.75) is 42.5 Å². The quantitative estimate of drug-likeness (QED) is 0.0341. The van der Waals surface area contributed by atoms with Crippen LogP contribution < -0.4 is 4.74 Å². The van der Waals surface area contributed by atoms with Gasteiger partial charge in [0.15, 0.2) is 11.9 Å². The second-order valence-electron chi connectivity index (χ2n) is 12.9. The summed E-state index contributed by atoms with van der Waals surface area (Å²) in [6, 6.07) is 13.5. The SMILES string of the molecule is C=CCOP(=O)(OCC=C)OCc1c(OC)cccc1C(=O)O[C@@](Cn1cncn1)(c1ccc(F)cc1F)[C@@H](C)S[C@H]1CO[C@H](/C=C/C=C/c2ccc(C#N)cc2F)OC1. The van der Waals surface area contributed by atoms with E-state index in [-0.39, 0.29) is 66.2 Å². The van der Waals surface area contributed by atoms with Crippen LogP contribution in [0.3, 0.4) is 0 Å². The highest BCUT2D eigenvalue weighted by Crippen LogP contribution is 2.51. The van der Waals surface area contributed by atoms with Gasteiger partial charge in [-0.2, -0.15) is 10.4 Å². The predicted molar refractivity (Wildman–Crippen MR) is 217 cm³/mol. The number of phosphoric acid groups is 1. The number of rotatable bonds is 21. The first-order chi connectivity index (χ1) is 28.9. The Morgan fingerprint density at radius 3 is 2.45 bits per heavy atom. The number of hydrogen-bond acceptors (Lipinski definition) is 13. The number of aromatic nitrogens is 3. The third kappa shape index (κ3) is 11.9. The first-order valence-corrected chi connectivity index (χ1v) is 20.7. The number of esters is 1. The highest BCUT2D eigenvalue weighted by Gasteiger charge is 2.47. The first-order valence-electron chi connectivity index (χ1n) is 18.3. The van der Waals surface area contributed by atoms with Gasteiger partial charge in [0.1, 0.15) is 35.9 Å². The van der Waals surface area contributed by atoms with Gasteiger partial charge in [0.05, 0.1) is 69.1 Å². The molecule has 0 radical (unpaired) electrons. The highest BCUT2D eigenvalue weighted by atomic mass is 32.2. The molecule has 0 amide bonds. The summed E-state index contributed by atoms with van der Waals surface area (Å²) in [7, 11) is -2.85. The molecule has 1 aliphatic rings. The van der Waals surface area contributed by atoms with E-state index in [1.807, 2.05) is 6.07 Å². The maximum Gasteiger partial charge on any atom is 0.475 e. The van der Waals surface area contributed by atoms with E-state index in [0.717, 1.165) is 12.1 Å². The normalized spacial score (nSPS) is 17.2. The lowest BCUT2D eigenvalue weighted by Crippen LogP contribution is -2.47. The zero-order chi connectivity index (χ0) is 43.1. The Labute approximate surface area is 349 Å². The van der Waals surface area contributed by atoms with Crippen LogP contribution in [-0.4, -0.2) is 71.1 Å². The lowest BCUT2D eigenvalue weighted by atomic mass is 9.89. The van der Waals surface area contributed by atoms with Gasteiger partial charge < -0.3 is 18.9 Å². The average molecular weight is 867 g/mol. The number of allylic oxidation sites excluding steroid dienone is 2. The van der Waals surface area contributed by atoms with Crippen LogP contribution in [0, 0.1) is 28.8 Å². The van der Waals surface area contributed by atoms with Crippen LogP contribution in [0.4, 0.5) is 13.2 Å². The van der Waals surface area contributed by atoms with Gasteiger partial charge in [-0.05, 0) is 49.4 Å². The molecule has 0 unspecified atom stereocenters. The minimum atomic E-state index is -4.21. The maximum atomic E-state index is 16.1. The minimum absolute atomic E-state index is 0.0917. The van der Waals surface area contributed by atoms with E-state index < -0.39 is 55.0 Å². The van der Waals surface area contributed by atoms with E-state index in [9.17, 15) is 18.1 Å². The molecule has 60 heavy (non-hydrogen) atoms. The van der Waals surface area contributed by atoms with Gasteiger partial charge in [0.2, 0.25) is 0 Å². The summed E-state index contributed by atoms with van der Waals surface area (Å²) in [4.78, 5) is 18.6. The summed E-state index contributed by atoms with van der Waals surface area (Å²) in [5.74, 6) is -3.17. The standard InChI is InChI=1S/C42H42F3N4O9PS/c1-5-18-55-59(51,56-19-6-2)57-25-35-34(11-9-12-39(35)52-4)41(50)58-42(26-49-28-47-27-48-49,36-17-16-32(43)21-38(36)45)29(3)60-33-23-53-40(54-24-33)13-8-7-10-31-15-14-30(22-46)20-37(31)44/h5-17,20-21,27-29,33,40H,1-2,18-19,23-26H2,3-4H3/b10-7+,13-8+/t29-,33-,40-,42-/m1/s1. The number of nitrogens with zero attached hydrogens (tertiary/aromatic N) is 4. The molecule has 2 atom stereocenters. The predicted octanol–water partition coefficient (Wildman–Crippen LogP) is 8.49. The van der Waals surface area contributed by atoms with Crippen molar-refractivity contribution in [3.63, 3.8) is 0 Å². The maximum absolute atomic E-state index is 16.1. The van der Waals surface area contributed by atoms with Crippen molar-refractivity contribution in [1.82, 2.24) is 14.8 Å². The molecule has 316 valence electrons. The molecule has 3 aromatic carbocycles. The van der Waals surface area contributed by atoms with Gasteiger partial charge in [-0.1, -0.05) is 42.5 Å². The summed E-state index contributed by atoms with van der Waals surface area (Å²) in [6.45, 7) is 8.03. The largest absolute Gasteiger partial charge is 0.496 e. The van der Waals surface area contributed by atoms with Crippen LogP contribution in [0.2, 0.25) is 0 Å². The number of halogens is 3. The molecule has 0 spiro atoms. The Morgan fingerprint density at radius 2 is 1.82 bits per heavy atom. The molecule has 1 aliphatic heterocycles. The topological polar surface area (TPSA) is 153 Å². The fourth-order valence-corrected chi connectivity index (χ4v) is 8.43. The zero-order valence-electron chi connectivity index (χ0n) is 32.7. The number of benzene rings is 3. The van der Waals surface area contributed by atoms with Crippen molar-refractivity contribution in [2.24, 2.45) is 0 Å². The van der Waals surface area contributed by atoms with E-state index in [4.69, 9.17) is 37.8 Å². The number of carbonyl (C=O) groups excluding carboxylic acids is 1. The Kier molecular flexibility index (Phi) is 16.6. The van der Waals surface area contributed by atoms with Gasteiger partial charge in [-0.15, -0.1) is 24.9 Å². The molecule has 1 saturated heterocycles. The van der Waals surface area contributed by atoms with Crippen molar-refractivity contribution in [3.8, 4) is 11.8 Å². The first kappa shape index (κ1) is 45.8. The number of thioether (sulfide) groups is 1. The van der Waals surface area contributed by atoms with Gasteiger partial charge in [0.25, 0.3) is 0 Å². The lowest BCUT2D eigenvalue weighted by Gasteiger charge is -2.40. The number of ether oxygens (including phenoxy) is 4. The molecule has 2 heterocycles. The molecule has 0 saturated carbocycles. The fraction of sp³-hybridized carbons (Fsp3) is 0.286. The van der Waals surface area contributed by atoms with E-state index in [2.05, 4.69) is 23.2 Å². The zero-order valence-corrected chi connectivity index (χ0v) is 34.4. The van der Waals surface area contributed by atoms with Crippen molar-refractivity contribution >= 4 is 31.6 Å². The Morgan fingerprint density at radius 1 is 1.07 bits per heavy atom. The molecule has 5 rings (SSSR count). The Hall–Kier alpha value is -5.31. The van der Waals surface area contributed by atoms with Crippen LogP contribution in [-0.2, 0) is 51.1 Å². The van der Waals surface area contributed by atoms with E-state index in [1.165, 1.54) is 84.8 Å². The number of hydrogen-bond donors (Lipinski definition) is 0. The number of carbonyl (C=O) groups is 1. The van der Waals surface area contributed by atoms with E-state index in [0.29, 0.717) is 11.6 Å². The molecule has 4 aromatic rings. The summed E-state index contributed by atoms with van der Waals surface area (Å²) >= 11 is 1.28. The summed E-state index contributed by atoms with van der Waals surface area (Å²) < 4.78 is 99.7. The Balaban J connectivity index is 1.42. The smallest absolute Gasteiger partial charge is 0.475 e. The molecule has 1 fully saturated rings. The van der Waals surface area contributed by atoms with Crippen LogP contribution in [0.1, 0.15) is 39.5 Å². The van der Waals surface area contributed by atoms with Crippen molar-refractivity contribution in [2.75, 3.05) is 33.5 Å². The van der Waals surface area contributed by atoms with Crippen LogP contribution in [0.5, 0.6) is 5.75 Å². The van der Waals surface area contributed by atoms with Gasteiger partial charge in [-0.3, -0.25) is 13.6 Å². The van der Waals surface area contributed by atoms with Crippen molar-refractivity contribution in [3.05, 3.63) is 156 Å². The molecule has 13 nitrogen and oxygen atoms in total. The van der Waals surface area contributed by atoms with Crippen molar-refractivity contribution in [1.29, 1.82) is 5.26 Å². The van der Waals surface area contributed by atoms with Gasteiger partial charge >= 0.3 is 13.8 Å². The monoisotopic (exact) mass is 866 g/mol. The Bertz CT molecular complexity index is 2250. The molecular formula is C42H42F3N4O9PS. The summed E-state index contributed by atoms with van der Waals surface area (Å²) in [5, 5.41) is 12.0. The highest BCUT2D eigenvalue weighted by molar-refractivity contribution is 8.00. The third-order valence-electron chi connectivity index (χ3n) is 8.90. The summed E-state index contributed by atoms with van der Waals surface area (Å²) in [5.41, 5.74) is -1.53. The summed E-state index contributed by atoms with van der Waals surface area (Å²) in [6.07, 6.45) is 11.0. The second-order valence-corrected chi connectivity index (χ2v) is 16.2. The molecule has 0 aliphatic carbocycles. The fourth-order valence-electron chi connectivity index (χ4n) is 5.99. The molecular weight excluding hydrogens is 825 g/mol. The van der Waals surface area contributed by atoms with Crippen LogP contribution in [0.25, 0.3) is 6.08 Å². The average Bonchev–Trinajstić information content (AvgIpc) is 3.76. The third-order valence-corrected chi connectivity index (χ3v) is 11.7. The lowest BCUT2D eigenvalue weighted by molar-refractivity contribution is -0.146. The van der Waals surface area contributed by atoms with Gasteiger partial charge in [-0.25, -0.2) is 32.2 Å². The second kappa shape index (κ2) is 21.8. The minimum Gasteiger partial charge on any atom is -0.496 e. The molecule has 0 N–H and O–H groups in total. The molecule has 0 bridgehead atoms. The van der Waals surface area contributed by atoms with E-state index >= 15 is 4.39 Å². The molecule has 18 heteroatoms. The molecule has 1 aromatic heterocycles. The van der Waals surface area contributed by atoms with Crippen LogP contribution in [0.15, 0.2) is 111 Å². The number of nitriles is 1. The van der Waals surface area contributed by atoms with Crippen molar-refractivity contribution < 1.29 is 55.0 Å². The number of phosphoric ester groups is 1. The van der Waals surface area contributed by atoms with Gasteiger partial charge in [0, 0.05) is 28.0 Å². The van der Waals surface area contributed by atoms with E-state index in [1.54, 1.807) is 31.2 Å². The number of methoxy groups -OCH3 is 1. The van der Waals surface area contributed by atoms with Crippen LogP contribution >= 0.6 is 19.6 Å².